The number of aliphatic hydroxyl groups excluding tert-OH is 1. The van der Waals surface area contributed by atoms with Gasteiger partial charge in [0.25, 0.3) is 0 Å². The SMILES string of the molecule is CC(CO)N(C(CC(F)(F)F)CC(F)(F)F)P(=O)(O)O. The van der Waals surface area contributed by atoms with Gasteiger partial charge >= 0.3 is 20.1 Å². The molecule has 3 N–H and O–H groups in total. The first-order chi connectivity index (χ1) is 8.67. The van der Waals surface area contributed by atoms with Gasteiger partial charge in [-0.2, -0.15) is 26.3 Å². The van der Waals surface area contributed by atoms with Gasteiger partial charge in [0.15, 0.2) is 0 Å². The molecule has 1 unspecified atom stereocenters. The smallest absolute Gasteiger partial charge is 0.395 e. The zero-order chi connectivity index (χ0) is 16.4. The van der Waals surface area contributed by atoms with E-state index in [1.165, 1.54) is 0 Å². The fourth-order valence-corrected chi connectivity index (χ4v) is 2.88. The lowest BCUT2D eigenvalue weighted by molar-refractivity contribution is -0.174. The van der Waals surface area contributed by atoms with Gasteiger partial charge in [-0.25, -0.2) is 9.24 Å². The van der Waals surface area contributed by atoms with Gasteiger partial charge in [0.05, 0.1) is 19.4 Å². The van der Waals surface area contributed by atoms with Crippen LogP contribution in [0.4, 0.5) is 26.3 Å². The predicted octanol–water partition coefficient (Wildman–Crippen LogP) is 2.04. The first-order valence-electron chi connectivity index (χ1n) is 5.26. The maximum absolute atomic E-state index is 12.3. The summed E-state index contributed by atoms with van der Waals surface area (Å²) in [4.78, 5) is 17.9. The first-order valence-corrected chi connectivity index (χ1v) is 6.82. The minimum atomic E-state index is -5.40. The molecule has 0 fully saturated rings. The molecule has 12 heteroatoms. The van der Waals surface area contributed by atoms with E-state index in [0.717, 1.165) is 6.92 Å². The Morgan fingerprint density at radius 2 is 1.40 bits per heavy atom. The van der Waals surface area contributed by atoms with Crippen LogP contribution in [0.25, 0.3) is 0 Å². The van der Waals surface area contributed by atoms with Crippen LogP contribution in [0, 0.1) is 0 Å². The molecule has 0 amide bonds. The second-order valence-electron chi connectivity index (χ2n) is 4.22. The third kappa shape index (κ3) is 7.44. The van der Waals surface area contributed by atoms with E-state index in [-0.39, 0.29) is 4.67 Å². The van der Waals surface area contributed by atoms with Crippen molar-refractivity contribution in [2.45, 2.75) is 44.2 Å². The molecule has 5 nitrogen and oxygen atoms in total. The second-order valence-corrected chi connectivity index (χ2v) is 5.71. The molecule has 0 saturated heterocycles. The highest BCUT2D eigenvalue weighted by molar-refractivity contribution is 7.49. The molecule has 122 valence electrons. The van der Waals surface area contributed by atoms with Crippen molar-refractivity contribution in [3.63, 3.8) is 0 Å². The van der Waals surface area contributed by atoms with Gasteiger partial charge in [-0.1, -0.05) is 0 Å². The normalized spacial score (nSPS) is 16.0. The molecular weight excluding hydrogens is 319 g/mol. The third-order valence-corrected chi connectivity index (χ3v) is 3.65. The van der Waals surface area contributed by atoms with E-state index in [9.17, 15) is 30.9 Å². The minimum absolute atomic E-state index is 0.242. The molecule has 0 bridgehead atoms. The lowest BCUT2D eigenvalue weighted by atomic mass is 10.1. The Hall–Kier alpha value is -0.350. The molecular formula is C8H14F6NO4P. The number of hydrogen-bond donors (Lipinski definition) is 3. The van der Waals surface area contributed by atoms with Crippen molar-refractivity contribution in [2.75, 3.05) is 6.61 Å². The van der Waals surface area contributed by atoms with Gasteiger partial charge < -0.3 is 14.9 Å². The van der Waals surface area contributed by atoms with Crippen LogP contribution in [-0.4, -0.2) is 50.6 Å². The Morgan fingerprint density at radius 3 is 1.60 bits per heavy atom. The summed E-state index contributed by atoms with van der Waals surface area (Å²) in [6.45, 7) is -0.0871. The average molecular weight is 333 g/mol. The zero-order valence-corrected chi connectivity index (χ0v) is 11.1. The van der Waals surface area contributed by atoms with Crippen molar-refractivity contribution >= 4 is 7.75 Å². The van der Waals surface area contributed by atoms with Crippen LogP contribution >= 0.6 is 7.75 Å². The first kappa shape index (κ1) is 19.7. The van der Waals surface area contributed by atoms with Gasteiger partial charge in [-0.05, 0) is 6.92 Å². The fraction of sp³-hybridized carbons (Fsp3) is 1.00. The fourth-order valence-electron chi connectivity index (χ4n) is 1.71. The molecule has 0 aliphatic carbocycles. The molecule has 0 radical (unpaired) electrons. The Bertz CT molecular complexity index is 338. The summed E-state index contributed by atoms with van der Waals surface area (Å²) >= 11 is 0. The predicted molar refractivity (Wildman–Crippen MR) is 55.6 cm³/mol. The van der Waals surface area contributed by atoms with Crippen molar-refractivity contribution < 1.29 is 45.8 Å². The summed E-state index contributed by atoms with van der Waals surface area (Å²) < 4.78 is 84.6. The van der Waals surface area contributed by atoms with E-state index in [1.54, 1.807) is 0 Å². The quantitative estimate of drug-likeness (QED) is 0.512. The minimum Gasteiger partial charge on any atom is -0.395 e. The van der Waals surface area contributed by atoms with Crippen LogP contribution in [0.15, 0.2) is 0 Å². The molecule has 20 heavy (non-hydrogen) atoms. The Balaban J connectivity index is 5.47. The van der Waals surface area contributed by atoms with Crippen molar-refractivity contribution in [1.29, 1.82) is 0 Å². The number of nitrogens with zero attached hydrogens (tertiary/aromatic N) is 1. The molecule has 1 atom stereocenters. The van der Waals surface area contributed by atoms with E-state index >= 15 is 0 Å². The molecule has 0 aromatic heterocycles. The highest BCUT2D eigenvalue weighted by Gasteiger charge is 2.47. The Labute approximate surface area is 110 Å². The summed E-state index contributed by atoms with van der Waals surface area (Å²) in [6.07, 6.45) is -14.2. The molecule has 0 aliphatic rings. The van der Waals surface area contributed by atoms with E-state index in [0.29, 0.717) is 0 Å². The van der Waals surface area contributed by atoms with Crippen LogP contribution in [-0.2, 0) is 4.57 Å². The van der Waals surface area contributed by atoms with Crippen molar-refractivity contribution in [1.82, 2.24) is 4.67 Å². The van der Waals surface area contributed by atoms with Gasteiger partial charge in [0.1, 0.15) is 0 Å². The zero-order valence-electron chi connectivity index (χ0n) is 10.2. The van der Waals surface area contributed by atoms with Gasteiger partial charge in [0.2, 0.25) is 0 Å². The standard InChI is InChI=1S/C8H14F6NO4P/c1-5(4-16)15(20(17,18)19)6(2-7(9,10)11)3-8(12,13)14/h5-6,16H,2-4H2,1H3,(H2,17,18,19). The molecule has 0 aliphatic heterocycles. The maximum Gasteiger partial charge on any atom is 0.403 e. The van der Waals surface area contributed by atoms with E-state index in [2.05, 4.69) is 0 Å². The summed E-state index contributed by atoms with van der Waals surface area (Å²) in [5.74, 6) is 0. The summed E-state index contributed by atoms with van der Waals surface area (Å²) in [5, 5.41) is 8.77. The monoisotopic (exact) mass is 333 g/mol. The third-order valence-electron chi connectivity index (χ3n) is 2.32. The van der Waals surface area contributed by atoms with Crippen molar-refractivity contribution in [3.05, 3.63) is 0 Å². The topological polar surface area (TPSA) is 81.0 Å². The summed E-state index contributed by atoms with van der Waals surface area (Å²) in [6, 6.07) is -4.08. The number of aliphatic hydroxyl groups is 1. The molecule has 0 saturated carbocycles. The van der Waals surface area contributed by atoms with Crippen LogP contribution in [0.1, 0.15) is 19.8 Å². The lowest BCUT2D eigenvalue weighted by Crippen LogP contribution is -2.45. The molecule has 0 aromatic carbocycles. The number of halogens is 6. The largest absolute Gasteiger partial charge is 0.403 e. The van der Waals surface area contributed by atoms with Gasteiger partial charge in [-0.3, -0.25) is 0 Å². The molecule has 0 spiro atoms. The van der Waals surface area contributed by atoms with Crippen LogP contribution in [0.5, 0.6) is 0 Å². The molecule has 0 rings (SSSR count). The van der Waals surface area contributed by atoms with E-state index in [1.807, 2.05) is 0 Å². The lowest BCUT2D eigenvalue weighted by Gasteiger charge is -2.36. The van der Waals surface area contributed by atoms with Crippen molar-refractivity contribution in [2.24, 2.45) is 0 Å². The van der Waals surface area contributed by atoms with Crippen molar-refractivity contribution in [3.8, 4) is 0 Å². The number of rotatable bonds is 6. The van der Waals surface area contributed by atoms with Gasteiger partial charge in [-0.15, -0.1) is 0 Å². The molecule has 0 aromatic rings. The van der Waals surface area contributed by atoms with Crippen LogP contribution in [0.2, 0.25) is 0 Å². The number of alkyl halides is 6. The summed E-state index contributed by atoms with van der Waals surface area (Å²) in [7, 11) is -5.40. The molecule has 0 heterocycles. The highest BCUT2D eigenvalue weighted by atomic mass is 31.2. The number of hydrogen-bond acceptors (Lipinski definition) is 2. The highest BCUT2D eigenvalue weighted by Crippen LogP contribution is 2.47. The Morgan fingerprint density at radius 1 is 1.05 bits per heavy atom. The Kier molecular flexibility index (Phi) is 6.49. The summed E-state index contributed by atoms with van der Waals surface area (Å²) in [5.41, 5.74) is 0. The van der Waals surface area contributed by atoms with E-state index < -0.39 is 51.6 Å². The maximum atomic E-state index is 12.3. The van der Waals surface area contributed by atoms with Gasteiger partial charge in [0, 0.05) is 12.1 Å². The van der Waals surface area contributed by atoms with Crippen LogP contribution < -0.4 is 0 Å². The van der Waals surface area contributed by atoms with Crippen LogP contribution in [0.3, 0.4) is 0 Å². The van der Waals surface area contributed by atoms with E-state index in [4.69, 9.17) is 14.9 Å². The second kappa shape index (κ2) is 6.61. The average Bonchev–Trinajstić information content (AvgIpc) is 2.09.